The number of aromatic nitrogens is 3. The fraction of sp³-hybridized carbons (Fsp3) is 0.375. The topological polar surface area (TPSA) is 101 Å². The van der Waals surface area contributed by atoms with E-state index in [1.54, 1.807) is 24.5 Å². The van der Waals surface area contributed by atoms with Gasteiger partial charge < -0.3 is 20.5 Å². The normalized spacial score (nSPS) is 21.5. The number of ether oxygens (including phenoxy) is 1. The summed E-state index contributed by atoms with van der Waals surface area (Å²) < 4.78 is 23.1. The zero-order valence-electron chi connectivity index (χ0n) is 18.3. The van der Waals surface area contributed by atoms with Gasteiger partial charge in [-0.05, 0) is 43.0 Å². The highest BCUT2D eigenvalue weighted by Crippen LogP contribution is 2.32. The number of carbonyl (C=O) groups is 1. The Balaban J connectivity index is 1.26. The first kappa shape index (κ1) is 21.6. The van der Waals surface area contributed by atoms with Crippen molar-refractivity contribution in [3.63, 3.8) is 0 Å². The number of benzene rings is 1. The van der Waals surface area contributed by atoms with Gasteiger partial charge in [0.15, 0.2) is 4.96 Å². The number of carbonyl (C=O) groups excluding carboxylic acids is 1. The molecular weight excluding hydrogens is 457 g/mol. The van der Waals surface area contributed by atoms with E-state index >= 15 is 0 Å². The van der Waals surface area contributed by atoms with Crippen LogP contribution >= 0.6 is 11.3 Å². The van der Waals surface area contributed by atoms with Crippen molar-refractivity contribution in [1.29, 1.82) is 0 Å². The Morgan fingerprint density at radius 3 is 2.91 bits per heavy atom. The first-order valence-corrected chi connectivity index (χ1v) is 12.2. The summed E-state index contributed by atoms with van der Waals surface area (Å²) in [6, 6.07) is 6.98. The van der Waals surface area contributed by atoms with Gasteiger partial charge in [-0.2, -0.15) is 0 Å². The van der Waals surface area contributed by atoms with Gasteiger partial charge in [-0.15, -0.1) is 0 Å². The Bertz CT molecular complexity index is 1380. The van der Waals surface area contributed by atoms with Gasteiger partial charge in [0.05, 0.1) is 28.2 Å². The van der Waals surface area contributed by atoms with Gasteiger partial charge in [0.2, 0.25) is 0 Å². The Morgan fingerprint density at radius 2 is 2.15 bits per heavy atom. The Kier molecular flexibility index (Phi) is 5.53. The van der Waals surface area contributed by atoms with Crippen LogP contribution < -0.4 is 10.6 Å². The molecular formula is C24H24FN5O3S. The molecule has 8 nitrogen and oxygen atoms in total. The van der Waals surface area contributed by atoms with Crippen LogP contribution in [0, 0.1) is 5.82 Å². The molecule has 6 rings (SSSR count). The average Bonchev–Trinajstić information content (AvgIpc) is 3.53. The van der Waals surface area contributed by atoms with Crippen LogP contribution in [-0.4, -0.2) is 57.3 Å². The lowest BCUT2D eigenvalue weighted by Crippen LogP contribution is -2.39. The van der Waals surface area contributed by atoms with Crippen LogP contribution in [0.3, 0.4) is 0 Å². The Labute approximate surface area is 198 Å². The third kappa shape index (κ3) is 3.96. The molecule has 2 aliphatic heterocycles. The molecule has 3 aromatic heterocycles. The van der Waals surface area contributed by atoms with Gasteiger partial charge in [-0.3, -0.25) is 9.20 Å². The maximum Gasteiger partial charge on any atom is 0.270 e. The largest absolute Gasteiger partial charge is 0.392 e. The number of β-amino-alcohol motifs (C(OH)–C–C–N with tert-alkyl or cyclic N) is 1. The summed E-state index contributed by atoms with van der Waals surface area (Å²) in [5, 5.41) is 16.0. The fourth-order valence-electron chi connectivity index (χ4n) is 4.68. The number of fused-ring (bicyclic) bond motifs is 3. The highest BCUT2D eigenvalue weighted by molar-refractivity contribution is 7.23. The van der Waals surface area contributed by atoms with Gasteiger partial charge in [0.1, 0.15) is 11.5 Å². The van der Waals surface area contributed by atoms with E-state index in [9.17, 15) is 14.3 Å². The average molecular weight is 482 g/mol. The van der Waals surface area contributed by atoms with E-state index < -0.39 is 6.10 Å². The second kappa shape index (κ2) is 8.70. The maximum absolute atomic E-state index is 15.0. The van der Waals surface area contributed by atoms with Gasteiger partial charge in [-0.25, -0.2) is 14.4 Å². The summed E-state index contributed by atoms with van der Waals surface area (Å²) in [4.78, 5) is 22.3. The van der Waals surface area contributed by atoms with E-state index in [0.29, 0.717) is 48.1 Å². The molecule has 1 amide bonds. The number of thiazole rings is 1. The predicted octanol–water partition coefficient (Wildman–Crippen LogP) is 3.05. The number of nitrogens with one attached hydrogen (secondary N) is 2. The van der Waals surface area contributed by atoms with Crippen molar-refractivity contribution in [2.24, 2.45) is 0 Å². The van der Waals surface area contributed by atoms with Gasteiger partial charge >= 0.3 is 0 Å². The Morgan fingerprint density at radius 1 is 1.29 bits per heavy atom. The van der Waals surface area contributed by atoms with Crippen molar-refractivity contribution >= 4 is 32.4 Å². The van der Waals surface area contributed by atoms with E-state index in [0.717, 1.165) is 28.6 Å². The van der Waals surface area contributed by atoms with E-state index in [4.69, 9.17) is 4.74 Å². The molecule has 2 saturated heterocycles. The number of hydrogen-bond donors (Lipinski definition) is 3. The minimum absolute atomic E-state index is 0.0445. The molecule has 3 N–H and O–H groups in total. The van der Waals surface area contributed by atoms with Crippen molar-refractivity contribution in [3.8, 4) is 11.3 Å². The first-order chi connectivity index (χ1) is 16.5. The van der Waals surface area contributed by atoms with Crippen molar-refractivity contribution in [2.75, 3.05) is 19.8 Å². The number of hydrogen-bond acceptors (Lipinski definition) is 7. The van der Waals surface area contributed by atoms with Gasteiger partial charge in [0.25, 0.3) is 5.91 Å². The second-order valence-corrected chi connectivity index (χ2v) is 9.88. The molecule has 2 unspecified atom stereocenters. The summed E-state index contributed by atoms with van der Waals surface area (Å²) in [5.41, 5.74) is 2.98. The number of aliphatic hydroxyl groups is 1. The number of aliphatic hydroxyl groups excluding tert-OH is 1. The molecule has 5 heterocycles. The fourth-order valence-corrected chi connectivity index (χ4v) is 5.70. The summed E-state index contributed by atoms with van der Waals surface area (Å²) >= 11 is 1.44. The van der Waals surface area contributed by atoms with Crippen molar-refractivity contribution in [2.45, 2.75) is 37.5 Å². The molecule has 0 spiro atoms. The summed E-state index contributed by atoms with van der Waals surface area (Å²) in [6.45, 7) is 1.84. The molecule has 0 bridgehead atoms. The number of pyridine rings is 1. The summed E-state index contributed by atoms with van der Waals surface area (Å²) in [6.07, 6.45) is 5.25. The first-order valence-electron chi connectivity index (χ1n) is 11.4. The zero-order valence-corrected chi connectivity index (χ0v) is 19.1. The number of halogens is 1. The zero-order chi connectivity index (χ0) is 23.2. The lowest BCUT2D eigenvalue weighted by molar-refractivity contribution is 0.0694. The molecule has 1 aromatic carbocycles. The van der Waals surface area contributed by atoms with Crippen LogP contribution in [0.5, 0.6) is 0 Å². The Hall–Kier alpha value is -2.92. The molecule has 2 aliphatic rings. The SMILES string of the molecule is O=C(NC1CCOCC1)c1cc2sc3nc(-c4ccc(C5CC(O)CN5)cc4F)cn3c2cn1. The minimum Gasteiger partial charge on any atom is -0.392 e. The van der Waals surface area contributed by atoms with Crippen LogP contribution in [0.2, 0.25) is 0 Å². The van der Waals surface area contributed by atoms with Crippen molar-refractivity contribution in [3.05, 3.63) is 53.7 Å². The van der Waals surface area contributed by atoms with Gasteiger partial charge in [0, 0.05) is 43.6 Å². The minimum atomic E-state index is -0.400. The van der Waals surface area contributed by atoms with Crippen LogP contribution in [0.4, 0.5) is 4.39 Å². The number of amides is 1. The molecule has 0 radical (unpaired) electrons. The monoisotopic (exact) mass is 481 g/mol. The van der Waals surface area contributed by atoms with E-state index in [1.165, 1.54) is 17.4 Å². The summed E-state index contributed by atoms with van der Waals surface area (Å²) in [5.74, 6) is -0.534. The highest BCUT2D eigenvalue weighted by atomic mass is 32.1. The number of rotatable bonds is 4. The van der Waals surface area contributed by atoms with Crippen LogP contribution in [0.25, 0.3) is 26.4 Å². The van der Waals surface area contributed by atoms with Crippen LogP contribution in [-0.2, 0) is 4.74 Å². The lowest BCUT2D eigenvalue weighted by Gasteiger charge is -2.22. The smallest absolute Gasteiger partial charge is 0.270 e. The third-order valence-electron chi connectivity index (χ3n) is 6.55. The van der Waals surface area contributed by atoms with E-state index in [2.05, 4.69) is 20.6 Å². The molecule has 2 fully saturated rings. The molecule has 34 heavy (non-hydrogen) atoms. The molecule has 0 saturated carbocycles. The standard InChI is InChI=1S/C24H24FN5O3S/c25-17-7-13(18-8-15(31)10-26-18)1-2-16(17)20-12-30-21-11-27-19(9-22(21)34-24(30)29-20)23(32)28-14-3-5-33-6-4-14/h1-2,7,9,11-12,14-15,18,26,31H,3-6,8,10H2,(H,28,32). The molecule has 10 heteroatoms. The highest BCUT2D eigenvalue weighted by Gasteiger charge is 2.25. The van der Waals surface area contributed by atoms with Crippen LogP contribution in [0.1, 0.15) is 41.4 Å². The summed E-state index contributed by atoms with van der Waals surface area (Å²) in [7, 11) is 0. The molecule has 2 atom stereocenters. The molecule has 176 valence electrons. The quantitative estimate of drug-likeness (QED) is 0.414. The molecule has 0 aliphatic carbocycles. The number of imidazole rings is 1. The van der Waals surface area contributed by atoms with E-state index in [1.807, 2.05) is 10.5 Å². The van der Waals surface area contributed by atoms with Gasteiger partial charge in [-0.1, -0.05) is 17.4 Å². The lowest BCUT2D eigenvalue weighted by atomic mass is 10.0. The number of nitrogens with zero attached hydrogens (tertiary/aromatic N) is 3. The van der Waals surface area contributed by atoms with Crippen LogP contribution in [0.15, 0.2) is 36.7 Å². The van der Waals surface area contributed by atoms with E-state index in [-0.39, 0.29) is 23.8 Å². The maximum atomic E-state index is 15.0. The van der Waals surface area contributed by atoms with Crippen molar-refractivity contribution in [1.82, 2.24) is 25.0 Å². The van der Waals surface area contributed by atoms with Crippen molar-refractivity contribution < 1.29 is 19.0 Å². The molecule has 4 aromatic rings. The predicted molar refractivity (Wildman–Crippen MR) is 126 cm³/mol. The second-order valence-electron chi connectivity index (χ2n) is 8.87. The third-order valence-corrected chi connectivity index (χ3v) is 7.57.